The minimum absolute atomic E-state index is 0.116. The Morgan fingerprint density at radius 3 is 2.78 bits per heavy atom. The van der Waals surface area contributed by atoms with Gasteiger partial charge in [-0.3, -0.25) is 9.78 Å². The molecule has 2 N–H and O–H groups in total. The van der Waals surface area contributed by atoms with E-state index in [1.165, 1.54) is 0 Å². The number of hydrogen-bond acceptors (Lipinski definition) is 3. The van der Waals surface area contributed by atoms with Crippen LogP contribution in [0.2, 0.25) is 0 Å². The Kier molecular flexibility index (Phi) is 3.84. The largest absolute Gasteiger partial charge is 0.341 e. The summed E-state index contributed by atoms with van der Waals surface area (Å²) >= 11 is 0. The van der Waals surface area contributed by atoms with Crippen LogP contribution in [-0.2, 0) is 0 Å². The molecule has 1 fully saturated rings. The SMILES string of the molecule is CCC(CC)C1CCN(C(=O)c2n[nH]c(=O)[nH]2)C1. The quantitative estimate of drug-likeness (QED) is 0.838. The highest BCUT2D eigenvalue weighted by Gasteiger charge is 2.31. The van der Waals surface area contributed by atoms with Gasteiger partial charge in [-0.2, -0.15) is 0 Å². The number of nitrogens with one attached hydrogen (secondary N) is 2. The number of nitrogens with zero attached hydrogens (tertiary/aromatic N) is 2. The fourth-order valence-electron chi connectivity index (χ4n) is 2.83. The summed E-state index contributed by atoms with van der Waals surface area (Å²) in [5.41, 5.74) is -0.436. The molecule has 0 aliphatic carbocycles. The van der Waals surface area contributed by atoms with E-state index in [9.17, 15) is 9.59 Å². The molecule has 2 rings (SSSR count). The van der Waals surface area contributed by atoms with Crippen LogP contribution < -0.4 is 5.69 Å². The number of carbonyl (C=O) groups excluding carboxylic acids is 1. The fraction of sp³-hybridized carbons (Fsp3) is 0.750. The summed E-state index contributed by atoms with van der Waals surface area (Å²) in [5.74, 6) is 1.20. The van der Waals surface area contributed by atoms with Gasteiger partial charge in [0.05, 0.1) is 0 Å². The van der Waals surface area contributed by atoms with E-state index in [2.05, 4.69) is 29.0 Å². The van der Waals surface area contributed by atoms with Crippen LogP contribution in [-0.4, -0.2) is 39.1 Å². The summed E-state index contributed by atoms with van der Waals surface area (Å²) in [6.07, 6.45) is 3.36. The van der Waals surface area contributed by atoms with Gasteiger partial charge in [0.15, 0.2) is 0 Å². The summed E-state index contributed by atoms with van der Waals surface area (Å²) in [6, 6.07) is 0. The third-order valence-corrected chi connectivity index (χ3v) is 3.93. The van der Waals surface area contributed by atoms with E-state index < -0.39 is 5.69 Å². The van der Waals surface area contributed by atoms with Crippen LogP contribution in [0.5, 0.6) is 0 Å². The zero-order chi connectivity index (χ0) is 13.1. The van der Waals surface area contributed by atoms with Gasteiger partial charge in [-0.15, -0.1) is 5.10 Å². The van der Waals surface area contributed by atoms with E-state index in [4.69, 9.17) is 0 Å². The molecule has 6 nitrogen and oxygen atoms in total. The van der Waals surface area contributed by atoms with Gasteiger partial charge in [-0.1, -0.05) is 26.7 Å². The second-order valence-corrected chi connectivity index (χ2v) is 4.90. The van der Waals surface area contributed by atoms with Gasteiger partial charge in [0.25, 0.3) is 5.91 Å². The first-order valence-electron chi connectivity index (χ1n) is 6.59. The third-order valence-electron chi connectivity index (χ3n) is 3.93. The molecule has 0 saturated carbocycles. The van der Waals surface area contributed by atoms with Gasteiger partial charge in [-0.05, 0) is 18.3 Å². The molecule has 100 valence electrons. The molecule has 1 aliphatic rings. The molecular formula is C12H20N4O2. The first-order valence-corrected chi connectivity index (χ1v) is 6.59. The second-order valence-electron chi connectivity index (χ2n) is 4.90. The van der Waals surface area contributed by atoms with Crippen LogP contribution in [0.3, 0.4) is 0 Å². The first kappa shape index (κ1) is 12.9. The van der Waals surface area contributed by atoms with Crippen LogP contribution in [0.4, 0.5) is 0 Å². The second kappa shape index (κ2) is 5.37. The van der Waals surface area contributed by atoms with Gasteiger partial charge < -0.3 is 4.90 Å². The molecule has 1 atom stereocenters. The molecule has 0 spiro atoms. The number of hydrogen-bond donors (Lipinski definition) is 2. The van der Waals surface area contributed by atoms with Crippen molar-refractivity contribution in [1.82, 2.24) is 20.1 Å². The van der Waals surface area contributed by atoms with Crippen molar-refractivity contribution >= 4 is 5.91 Å². The lowest BCUT2D eigenvalue weighted by Crippen LogP contribution is -2.30. The highest BCUT2D eigenvalue weighted by molar-refractivity contribution is 5.90. The molecule has 0 radical (unpaired) electrons. The van der Waals surface area contributed by atoms with Crippen molar-refractivity contribution in [3.8, 4) is 0 Å². The molecule has 1 saturated heterocycles. The molecule has 1 aliphatic heterocycles. The lowest BCUT2D eigenvalue weighted by atomic mass is 9.87. The van der Waals surface area contributed by atoms with Crippen molar-refractivity contribution in [2.24, 2.45) is 11.8 Å². The number of amides is 1. The maximum atomic E-state index is 12.1. The summed E-state index contributed by atoms with van der Waals surface area (Å²) < 4.78 is 0. The lowest BCUT2D eigenvalue weighted by Gasteiger charge is -2.21. The van der Waals surface area contributed by atoms with E-state index in [0.29, 0.717) is 11.8 Å². The van der Waals surface area contributed by atoms with E-state index >= 15 is 0 Å². The number of aromatic nitrogens is 3. The molecule has 18 heavy (non-hydrogen) atoms. The van der Waals surface area contributed by atoms with Gasteiger partial charge in [0.1, 0.15) is 0 Å². The first-order chi connectivity index (χ1) is 8.65. The van der Waals surface area contributed by atoms with Crippen molar-refractivity contribution in [1.29, 1.82) is 0 Å². The average molecular weight is 252 g/mol. The van der Waals surface area contributed by atoms with Crippen LogP contribution in [0, 0.1) is 11.8 Å². The fourth-order valence-corrected chi connectivity index (χ4v) is 2.83. The van der Waals surface area contributed by atoms with Crippen molar-refractivity contribution in [2.45, 2.75) is 33.1 Å². The Morgan fingerprint density at radius 2 is 2.22 bits per heavy atom. The summed E-state index contributed by atoms with van der Waals surface area (Å²) in [4.78, 5) is 27.2. The lowest BCUT2D eigenvalue weighted by molar-refractivity contribution is 0.0770. The zero-order valence-electron chi connectivity index (χ0n) is 10.9. The molecule has 0 bridgehead atoms. The molecule has 1 aromatic rings. The van der Waals surface area contributed by atoms with Crippen molar-refractivity contribution in [2.75, 3.05) is 13.1 Å². The van der Waals surface area contributed by atoms with Gasteiger partial charge >= 0.3 is 5.69 Å². The monoisotopic (exact) mass is 252 g/mol. The number of rotatable bonds is 4. The number of H-pyrrole nitrogens is 2. The predicted molar refractivity (Wildman–Crippen MR) is 67.3 cm³/mol. The Morgan fingerprint density at radius 1 is 1.50 bits per heavy atom. The third kappa shape index (κ3) is 2.47. The minimum Gasteiger partial charge on any atom is -0.336 e. The van der Waals surface area contributed by atoms with Crippen LogP contribution >= 0.6 is 0 Å². The van der Waals surface area contributed by atoms with Crippen LogP contribution in [0.25, 0.3) is 0 Å². The maximum absolute atomic E-state index is 12.1. The Hall–Kier alpha value is -1.59. The Balaban J connectivity index is 2.00. The molecule has 1 unspecified atom stereocenters. The number of aromatic amines is 2. The molecule has 1 amide bonds. The highest BCUT2D eigenvalue weighted by Crippen LogP contribution is 2.29. The average Bonchev–Trinajstić information content (AvgIpc) is 2.99. The van der Waals surface area contributed by atoms with Crippen molar-refractivity contribution < 1.29 is 4.79 Å². The van der Waals surface area contributed by atoms with E-state index in [-0.39, 0.29) is 11.7 Å². The van der Waals surface area contributed by atoms with Gasteiger partial charge in [-0.25, -0.2) is 9.89 Å². The smallest absolute Gasteiger partial charge is 0.336 e. The molecule has 2 heterocycles. The Bertz CT molecular complexity index is 461. The number of likely N-dealkylation sites (tertiary alicyclic amines) is 1. The van der Waals surface area contributed by atoms with Gasteiger partial charge in [0, 0.05) is 13.1 Å². The number of carbonyl (C=O) groups is 1. The summed E-state index contributed by atoms with van der Waals surface area (Å²) in [7, 11) is 0. The highest BCUT2D eigenvalue weighted by atomic mass is 16.2. The normalized spacial score (nSPS) is 19.7. The van der Waals surface area contributed by atoms with Gasteiger partial charge in [0.2, 0.25) is 5.82 Å². The van der Waals surface area contributed by atoms with E-state index in [1.807, 2.05) is 0 Å². The molecular weight excluding hydrogens is 232 g/mol. The zero-order valence-corrected chi connectivity index (χ0v) is 10.9. The molecule has 6 heteroatoms. The van der Waals surface area contributed by atoms with Crippen LogP contribution in [0.1, 0.15) is 43.7 Å². The van der Waals surface area contributed by atoms with Crippen LogP contribution in [0.15, 0.2) is 4.79 Å². The maximum Gasteiger partial charge on any atom is 0.341 e. The topological polar surface area (TPSA) is 81.8 Å². The minimum atomic E-state index is -0.436. The van der Waals surface area contributed by atoms with E-state index in [1.54, 1.807) is 4.90 Å². The van der Waals surface area contributed by atoms with Crippen molar-refractivity contribution in [3.63, 3.8) is 0 Å². The van der Waals surface area contributed by atoms with Crippen molar-refractivity contribution in [3.05, 3.63) is 16.3 Å². The molecule has 0 aromatic carbocycles. The molecule has 1 aromatic heterocycles. The standard InChI is InChI=1S/C12H20N4O2/c1-3-8(4-2)9-5-6-16(7-9)11(17)10-13-12(18)15-14-10/h8-9H,3-7H2,1-2H3,(H2,13,14,15,18). The van der Waals surface area contributed by atoms with E-state index in [0.717, 1.165) is 32.4 Å². The summed E-state index contributed by atoms with van der Waals surface area (Å²) in [5, 5.41) is 5.91. The summed E-state index contributed by atoms with van der Waals surface area (Å²) in [6.45, 7) is 5.93. The predicted octanol–water partition coefficient (Wildman–Crippen LogP) is 0.996. The Labute approximate surface area is 106 Å².